The average Bonchev–Trinajstić information content (AvgIpc) is 3.36. The number of ether oxygens (including phenoxy) is 2. The zero-order chi connectivity index (χ0) is 30.4. The summed E-state index contributed by atoms with van der Waals surface area (Å²) in [7, 11) is 1.46. The van der Waals surface area contributed by atoms with Crippen molar-refractivity contribution < 1.29 is 37.0 Å². The van der Waals surface area contributed by atoms with Crippen LogP contribution in [0.25, 0.3) is 5.82 Å². The molecule has 0 saturated heterocycles. The summed E-state index contributed by atoms with van der Waals surface area (Å²) in [4.78, 5) is 41.4. The number of amides is 3. The van der Waals surface area contributed by atoms with Gasteiger partial charge in [-0.05, 0) is 51.5 Å². The van der Waals surface area contributed by atoms with E-state index in [4.69, 9.17) is 9.47 Å². The van der Waals surface area contributed by atoms with Crippen LogP contribution in [0, 0.1) is 0 Å². The number of nitrogens with one attached hydrogen (secondary N) is 3. The number of pyridine rings is 1. The summed E-state index contributed by atoms with van der Waals surface area (Å²) in [5.41, 5.74) is -1.33. The van der Waals surface area contributed by atoms with Crippen LogP contribution in [0.3, 0.4) is 0 Å². The lowest BCUT2D eigenvalue weighted by Gasteiger charge is -2.21. The molecule has 0 saturated carbocycles. The van der Waals surface area contributed by atoms with Gasteiger partial charge in [0.2, 0.25) is 5.91 Å². The summed E-state index contributed by atoms with van der Waals surface area (Å²) >= 11 is 0. The Morgan fingerprint density at radius 2 is 1.73 bits per heavy atom. The largest absolute Gasteiger partial charge is 0.496 e. The van der Waals surface area contributed by atoms with Crippen molar-refractivity contribution in [3.05, 3.63) is 71.2 Å². The van der Waals surface area contributed by atoms with Gasteiger partial charge in [0, 0.05) is 30.9 Å². The molecule has 0 bridgehead atoms. The topological polar surface area (TPSA) is 136 Å². The first-order valence-electron chi connectivity index (χ1n) is 12.5. The summed E-state index contributed by atoms with van der Waals surface area (Å²) in [6.07, 6.45) is -4.27. The average molecular weight is 577 g/mol. The number of alkyl halides is 3. The monoisotopic (exact) mass is 576 g/mol. The third-order valence-corrected chi connectivity index (χ3v) is 5.48. The lowest BCUT2D eigenvalue weighted by atomic mass is 10.2. The number of aromatic nitrogens is 3. The van der Waals surface area contributed by atoms with E-state index < -0.39 is 47.1 Å². The Balaban J connectivity index is 1.77. The number of para-hydroxylation sites is 1. The molecule has 3 rings (SSSR count). The first-order chi connectivity index (χ1) is 19.2. The molecule has 3 aromatic rings. The van der Waals surface area contributed by atoms with Crippen molar-refractivity contribution in [2.45, 2.75) is 58.6 Å². The maximum atomic E-state index is 13.5. The van der Waals surface area contributed by atoms with Crippen molar-refractivity contribution in [2.75, 3.05) is 7.11 Å². The van der Waals surface area contributed by atoms with Gasteiger partial charge >= 0.3 is 12.3 Å². The maximum Gasteiger partial charge on any atom is 0.435 e. The van der Waals surface area contributed by atoms with E-state index >= 15 is 0 Å². The highest BCUT2D eigenvalue weighted by atomic mass is 19.4. The molecule has 3 N–H and O–H groups in total. The standard InChI is InChI=1S/C27H31F3N6O5/c1-16(34-25(39)41-26(2,3)4)23(37)32-14-17-10-11-31-22(12-17)36-19(13-21(35-36)27(28,29)30)24(38)33-15-18-8-6-7-9-20(18)40-5/h6-13,16H,14-15H2,1-5H3,(H,32,37)(H,33,38)(H,34,39). The number of hydrogen-bond acceptors (Lipinski definition) is 7. The van der Waals surface area contributed by atoms with Crippen LogP contribution < -0.4 is 20.7 Å². The highest BCUT2D eigenvalue weighted by Crippen LogP contribution is 2.29. The first-order valence-corrected chi connectivity index (χ1v) is 12.5. The minimum Gasteiger partial charge on any atom is -0.496 e. The van der Waals surface area contributed by atoms with E-state index in [2.05, 4.69) is 26.0 Å². The van der Waals surface area contributed by atoms with Gasteiger partial charge in [-0.3, -0.25) is 9.59 Å². The zero-order valence-electron chi connectivity index (χ0n) is 23.1. The summed E-state index contributed by atoms with van der Waals surface area (Å²) in [5.74, 6) is -0.913. The summed E-state index contributed by atoms with van der Waals surface area (Å²) in [5, 5.41) is 11.2. The number of halogens is 3. The van der Waals surface area contributed by atoms with E-state index in [-0.39, 0.29) is 18.9 Å². The van der Waals surface area contributed by atoms with E-state index in [1.54, 1.807) is 45.0 Å². The van der Waals surface area contributed by atoms with Gasteiger partial charge in [0.05, 0.1) is 7.11 Å². The number of carbonyl (C=O) groups is 3. The quantitative estimate of drug-likeness (QED) is 0.353. The number of benzene rings is 1. The SMILES string of the molecule is COc1ccccc1CNC(=O)c1cc(C(F)(F)F)nn1-c1cc(CNC(=O)C(C)NC(=O)OC(C)(C)C)ccn1. The van der Waals surface area contributed by atoms with Gasteiger partial charge in [-0.2, -0.15) is 18.3 Å². The Hall–Kier alpha value is -4.62. The number of methoxy groups -OCH3 is 1. The van der Waals surface area contributed by atoms with Crippen LogP contribution in [-0.4, -0.2) is 51.4 Å². The smallest absolute Gasteiger partial charge is 0.435 e. The van der Waals surface area contributed by atoms with Crippen LogP contribution in [0.15, 0.2) is 48.7 Å². The van der Waals surface area contributed by atoms with E-state index in [0.29, 0.717) is 22.9 Å². The van der Waals surface area contributed by atoms with E-state index in [0.717, 1.165) is 4.68 Å². The molecule has 11 nitrogen and oxygen atoms in total. The normalized spacial score (nSPS) is 12.3. The molecule has 1 aromatic carbocycles. The van der Waals surface area contributed by atoms with Crippen molar-refractivity contribution in [3.8, 4) is 11.6 Å². The fourth-order valence-corrected chi connectivity index (χ4v) is 3.55. The third-order valence-electron chi connectivity index (χ3n) is 5.48. The molecule has 41 heavy (non-hydrogen) atoms. The maximum absolute atomic E-state index is 13.5. The van der Waals surface area contributed by atoms with Crippen LogP contribution in [0.1, 0.15) is 55.0 Å². The highest BCUT2D eigenvalue weighted by Gasteiger charge is 2.36. The van der Waals surface area contributed by atoms with E-state index in [1.807, 2.05) is 0 Å². The van der Waals surface area contributed by atoms with E-state index in [9.17, 15) is 27.6 Å². The fourth-order valence-electron chi connectivity index (χ4n) is 3.55. The van der Waals surface area contributed by atoms with Crippen molar-refractivity contribution >= 4 is 17.9 Å². The van der Waals surface area contributed by atoms with Crippen molar-refractivity contribution in [2.24, 2.45) is 0 Å². The molecule has 1 unspecified atom stereocenters. The minimum absolute atomic E-state index is 0.00953. The van der Waals surface area contributed by atoms with Crippen LogP contribution in [-0.2, 0) is 28.8 Å². The van der Waals surface area contributed by atoms with Gasteiger partial charge in [-0.15, -0.1) is 0 Å². The van der Waals surface area contributed by atoms with Crippen LogP contribution in [0.2, 0.25) is 0 Å². The predicted molar refractivity (Wildman–Crippen MR) is 141 cm³/mol. The Morgan fingerprint density at radius 3 is 2.39 bits per heavy atom. The molecule has 0 aliphatic carbocycles. The van der Waals surface area contributed by atoms with Gasteiger partial charge in [-0.25, -0.2) is 14.5 Å². The number of nitrogens with zero attached hydrogens (tertiary/aromatic N) is 3. The second kappa shape index (κ2) is 12.7. The number of carbonyl (C=O) groups excluding carboxylic acids is 3. The molecule has 0 aliphatic rings. The Bertz CT molecular complexity index is 1400. The summed E-state index contributed by atoms with van der Waals surface area (Å²) < 4.78 is 51.7. The molecule has 14 heteroatoms. The lowest BCUT2D eigenvalue weighted by molar-refractivity contribution is -0.141. The number of alkyl carbamates (subject to hydrolysis) is 1. The second-order valence-electron chi connectivity index (χ2n) is 9.93. The zero-order valence-corrected chi connectivity index (χ0v) is 23.1. The van der Waals surface area contributed by atoms with Gasteiger partial charge in [0.1, 0.15) is 23.1 Å². The van der Waals surface area contributed by atoms with Crippen molar-refractivity contribution in [1.29, 1.82) is 0 Å². The first kappa shape index (κ1) is 30.9. The molecule has 1 atom stereocenters. The Labute approximate surface area is 234 Å². The third kappa shape index (κ3) is 8.68. The van der Waals surface area contributed by atoms with Crippen molar-refractivity contribution in [1.82, 2.24) is 30.7 Å². The van der Waals surface area contributed by atoms with Gasteiger partial charge in [-0.1, -0.05) is 18.2 Å². The molecule has 0 radical (unpaired) electrons. The lowest BCUT2D eigenvalue weighted by Crippen LogP contribution is -2.46. The van der Waals surface area contributed by atoms with Crippen molar-refractivity contribution in [3.63, 3.8) is 0 Å². The highest BCUT2D eigenvalue weighted by molar-refractivity contribution is 5.93. The molecule has 0 aliphatic heterocycles. The minimum atomic E-state index is -4.81. The van der Waals surface area contributed by atoms with E-state index in [1.165, 1.54) is 32.4 Å². The molecule has 220 valence electrons. The predicted octanol–water partition coefficient (Wildman–Crippen LogP) is 3.75. The van der Waals surface area contributed by atoms with Crippen LogP contribution in [0.4, 0.5) is 18.0 Å². The molecule has 2 heterocycles. The molecular formula is C27H31F3N6O5. The molecule has 3 amide bonds. The Morgan fingerprint density at radius 1 is 1.02 bits per heavy atom. The molecular weight excluding hydrogens is 545 g/mol. The fraction of sp³-hybridized carbons (Fsp3) is 0.370. The second-order valence-corrected chi connectivity index (χ2v) is 9.93. The number of hydrogen-bond donors (Lipinski definition) is 3. The van der Waals surface area contributed by atoms with Crippen LogP contribution in [0.5, 0.6) is 5.75 Å². The summed E-state index contributed by atoms with van der Waals surface area (Å²) in [6.45, 7) is 6.47. The van der Waals surface area contributed by atoms with Gasteiger partial charge in [0.25, 0.3) is 5.91 Å². The summed E-state index contributed by atoms with van der Waals surface area (Å²) in [6, 6.07) is 9.51. The Kier molecular flexibility index (Phi) is 9.58. The number of rotatable bonds is 9. The van der Waals surface area contributed by atoms with Gasteiger partial charge in [0.15, 0.2) is 11.5 Å². The van der Waals surface area contributed by atoms with Gasteiger partial charge < -0.3 is 25.4 Å². The van der Waals surface area contributed by atoms with Crippen LogP contribution >= 0.6 is 0 Å². The molecule has 2 aromatic heterocycles. The molecule has 0 spiro atoms. The molecule has 0 fully saturated rings.